The molecule has 0 saturated heterocycles. The molecule has 0 spiro atoms. The monoisotopic (exact) mass is 375 g/mol. The number of carbonyl (C=O) groups excluding carboxylic acids is 1. The van der Waals surface area contributed by atoms with Crippen LogP contribution in [-0.2, 0) is 4.79 Å². The fraction of sp³-hybridized carbons (Fsp3) is 0.318. The fourth-order valence-electron chi connectivity index (χ4n) is 4.44. The molecule has 4 nitrogen and oxygen atoms in total. The van der Waals surface area contributed by atoms with Crippen molar-refractivity contribution in [3.8, 4) is 0 Å². The number of hydrogen-bond donors (Lipinski definition) is 1. The molecule has 5 heteroatoms. The van der Waals surface area contributed by atoms with Gasteiger partial charge in [-0.2, -0.15) is 0 Å². The quantitative estimate of drug-likeness (QED) is 0.635. The Hall–Kier alpha value is -2.53. The van der Waals surface area contributed by atoms with Crippen LogP contribution in [-0.4, -0.2) is 15.8 Å². The Morgan fingerprint density at radius 3 is 2.70 bits per heavy atom. The van der Waals surface area contributed by atoms with Gasteiger partial charge in [0.2, 0.25) is 0 Å². The number of nitrogens with one attached hydrogen (secondary N) is 1. The molecule has 0 radical (unpaired) electrons. The van der Waals surface area contributed by atoms with Gasteiger partial charge in [0.15, 0.2) is 5.78 Å². The first kappa shape index (κ1) is 16.6. The minimum Gasteiger partial charge on any atom is -0.358 e. The summed E-state index contributed by atoms with van der Waals surface area (Å²) >= 11 is 1.76. The third kappa shape index (κ3) is 2.60. The van der Waals surface area contributed by atoms with Gasteiger partial charge in [-0.3, -0.25) is 14.8 Å². The Morgan fingerprint density at radius 1 is 1.11 bits per heavy atom. The number of allylic oxidation sites excluding steroid dienone is 2. The lowest BCUT2D eigenvalue weighted by atomic mass is 9.70. The number of aromatic nitrogens is 2. The van der Waals surface area contributed by atoms with E-state index in [0.717, 1.165) is 40.0 Å². The van der Waals surface area contributed by atoms with E-state index in [4.69, 9.17) is 0 Å². The molecule has 2 aliphatic rings. The third-order valence-corrected chi connectivity index (χ3v) is 6.57. The highest BCUT2D eigenvalue weighted by atomic mass is 32.1. The number of fused-ring (bicyclic) bond motifs is 3. The Kier molecular flexibility index (Phi) is 3.53. The van der Waals surface area contributed by atoms with Crippen molar-refractivity contribution in [2.75, 3.05) is 5.32 Å². The molecular formula is C22H21N3OS. The number of nitrogens with zero attached hydrogens (tertiary/aromatic N) is 2. The average Bonchev–Trinajstić information content (AvgIpc) is 3.04. The van der Waals surface area contributed by atoms with Crippen LogP contribution in [0.2, 0.25) is 0 Å². The number of hydrogen-bond acceptors (Lipinski definition) is 5. The first-order chi connectivity index (χ1) is 12.9. The molecule has 136 valence electrons. The van der Waals surface area contributed by atoms with Gasteiger partial charge in [-0.15, -0.1) is 11.3 Å². The minimum atomic E-state index is -0.0704. The topological polar surface area (TPSA) is 54.9 Å². The number of anilines is 1. The highest BCUT2D eigenvalue weighted by Gasteiger charge is 2.41. The summed E-state index contributed by atoms with van der Waals surface area (Å²) in [5.41, 5.74) is 5.83. The van der Waals surface area contributed by atoms with E-state index in [1.54, 1.807) is 23.7 Å². The normalized spacial score (nSPS) is 21.0. The van der Waals surface area contributed by atoms with Crippen LogP contribution in [0.25, 0.3) is 11.0 Å². The van der Waals surface area contributed by atoms with Crippen LogP contribution in [0.1, 0.15) is 47.9 Å². The van der Waals surface area contributed by atoms with Crippen molar-refractivity contribution >= 4 is 33.8 Å². The fourth-order valence-corrected chi connectivity index (χ4v) is 5.44. The Labute approximate surface area is 162 Å². The smallest absolute Gasteiger partial charge is 0.162 e. The predicted octanol–water partition coefficient (Wildman–Crippen LogP) is 5.20. The van der Waals surface area contributed by atoms with Gasteiger partial charge >= 0.3 is 0 Å². The lowest BCUT2D eigenvalue weighted by Crippen LogP contribution is -2.33. The largest absolute Gasteiger partial charge is 0.358 e. The van der Waals surface area contributed by atoms with Crippen molar-refractivity contribution in [2.45, 2.75) is 39.5 Å². The van der Waals surface area contributed by atoms with E-state index < -0.39 is 0 Å². The summed E-state index contributed by atoms with van der Waals surface area (Å²) < 4.78 is 0. The minimum absolute atomic E-state index is 0.0208. The second-order valence-electron chi connectivity index (χ2n) is 8.29. The summed E-state index contributed by atoms with van der Waals surface area (Å²) in [6.07, 6.45) is 4.91. The van der Waals surface area contributed by atoms with Gasteiger partial charge < -0.3 is 5.32 Å². The first-order valence-electron chi connectivity index (χ1n) is 9.26. The highest BCUT2D eigenvalue weighted by Crippen LogP contribution is 2.51. The van der Waals surface area contributed by atoms with Gasteiger partial charge in [0.05, 0.1) is 17.0 Å². The molecule has 1 aliphatic carbocycles. The molecule has 0 bridgehead atoms. The van der Waals surface area contributed by atoms with E-state index in [1.165, 1.54) is 9.75 Å². The zero-order chi connectivity index (χ0) is 18.8. The summed E-state index contributed by atoms with van der Waals surface area (Å²) in [5, 5.41) is 3.58. The van der Waals surface area contributed by atoms with Crippen molar-refractivity contribution in [1.82, 2.24) is 9.97 Å². The summed E-state index contributed by atoms with van der Waals surface area (Å²) in [7, 11) is 0. The number of thiophene rings is 1. The van der Waals surface area contributed by atoms with Crippen LogP contribution in [0.3, 0.4) is 0 Å². The van der Waals surface area contributed by atoms with Crippen LogP contribution in [0.4, 0.5) is 5.69 Å². The SMILES string of the molecule is Cc1ccc(C2C3=C(CC(C)(C)CC3=O)Nc3ccc4nccnc4c32)s1. The van der Waals surface area contributed by atoms with Gasteiger partial charge in [0, 0.05) is 51.1 Å². The van der Waals surface area contributed by atoms with E-state index >= 15 is 0 Å². The number of rotatable bonds is 1. The molecule has 5 rings (SSSR count). The van der Waals surface area contributed by atoms with Gasteiger partial charge in [-0.25, -0.2) is 0 Å². The lowest BCUT2D eigenvalue weighted by Gasteiger charge is -2.39. The van der Waals surface area contributed by atoms with Crippen molar-refractivity contribution in [3.05, 3.63) is 63.2 Å². The molecule has 1 aromatic carbocycles. The maximum atomic E-state index is 13.3. The Balaban J connectivity index is 1.82. The average molecular weight is 375 g/mol. The number of ketones is 1. The number of aryl methyl sites for hydroxylation is 1. The van der Waals surface area contributed by atoms with Gasteiger partial charge in [0.25, 0.3) is 0 Å². The van der Waals surface area contributed by atoms with Crippen LogP contribution < -0.4 is 5.32 Å². The van der Waals surface area contributed by atoms with E-state index in [9.17, 15) is 4.79 Å². The number of carbonyl (C=O) groups is 1. The standard InChI is InChI=1S/C22H21N3OS/c1-12-4-7-17(27-12)20-18-15(10-22(2,3)11-16(18)26)25-13-5-6-14-21(19(13)20)24-9-8-23-14/h4-9,20,25H,10-11H2,1-3H3. The summed E-state index contributed by atoms with van der Waals surface area (Å²) in [6, 6.07) is 8.38. The van der Waals surface area contributed by atoms with Gasteiger partial charge in [0.1, 0.15) is 0 Å². The second kappa shape index (κ2) is 5.73. The molecule has 1 N–H and O–H groups in total. The Bertz CT molecular complexity index is 1130. The molecule has 2 aromatic heterocycles. The zero-order valence-electron chi connectivity index (χ0n) is 15.7. The number of Topliss-reactive ketones (excluding diaryl/α,β-unsaturated/α-hetero) is 1. The second-order valence-corrected chi connectivity index (χ2v) is 9.61. The summed E-state index contributed by atoms with van der Waals surface area (Å²) in [4.78, 5) is 24.8. The van der Waals surface area contributed by atoms with Crippen molar-refractivity contribution in [3.63, 3.8) is 0 Å². The van der Waals surface area contributed by atoms with E-state index in [-0.39, 0.29) is 17.1 Å². The third-order valence-electron chi connectivity index (χ3n) is 5.51. The van der Waals surface area contributed by atoms with Gasteiger partial charge in [-0.1, -0.05) is 13.8 Å². The maximum Gasteiger partial charge on any atom is 0.162 e. The molecule has 0 fully saturated rings. The summed E-state index contributed by atoms with van der Waals surface area (Å²) in [5.74, 6) is 0.176. The van der Waals surface area contributed by atoms with Crippen molar-refractivity contribution < 1.29 is 4.79 Å². The lowest BCUT2D eigenvalue weighted by molar-refractivity contribution is -0.118. The van der Waals surface area contributed by atoms with E-state index in [1.807, 2.05) is 6.07 Å². The molecule has 0 saturated carbocycles. The molecule has 1 atom stereocenters. The van der Waals surface area contributed by atoms with Crippen LogP contribution in [0.5, 0.6) is 0 Å². The zero-order valence-corrected chi connectivity index (χ0v) is 16.5. The van der Waals surface area contributed by atoms with E-state index in [2.05, 4.69) is 54.3 Å². The molecular weight excluding hydrogens is 354 g/mol. The predicted molar refractivity (Wildman–Crippen MR) is 109 cm³/mol. The molecule has 3 aromatic rings. The maximum absolute atomic E-state index is 13.3. The van der Waals surface area contributed by atoms with Gasteiger partial charge in [-0.05, 0) is 43.0 Å². The van der Waals surface area contributed by atoms with Crippen LogP contribution in [0, 0.1) is 12.3 Å². The highest BCUT2D eigenvalue weighted by molar-refractivity contribution is 7.12. The van der Waals surface area contributed by atoms with Crippen LogP contribution in [0.15, 0.2) is 47.9 Å². The van der Waals surface area contributed by atoms with Crippen LogP contribution >= 0.6 is 11.3 Å². The molecule has 1 aliphatic heterocycles. The molecule has 27 heavy (non-hydrogen) atoms. The van der Waals surface area contributed by atoms with E-state index in [0.29, 0.717) is 6.42 Å². The molecule has 0 amide bonds. The molecule has 3 heterocycles. The Morgan fingerprint density at radius 2 is 1.93 bits per heavy atom. The molecule has 1 unspecified atom stereocenters. The van der Waals surface area contributed by atoms with Crippen molar-refractivity contribution in [1.29, 1.82) is 0 Å². The first-order valence-corrected chi connectivity index (χ1v) is 10.1. The summed E-state index contributed by atoms with van der Waals surface area (Å²) in [6.45, 7) is 6.45. The van der Waals surface area contributed by atoms with Crippen molar-refractivity contribution in [2.24, 2.45) is 5.41 Å². The number of benzene rings is 1.